The third-order valence-corrected chi connectivity index (χ3v) is 4.69. The van der Waals surface area contributed by atoms with Gasteiger partial charge in [0, 0.05) is 23.8 Å². The van der Waals surface area contributed by atoms with E-state index in [0.717, 1.165) is 22.4 Å². The smallest absolute Gasteiger partial charge is 0.227 e. The molecule has 4 aromatic rings. The molecule has 3 aromatic heterocycles. The number of aryl methyl sites for hydroxylation is 1. The topological polar surface area (TPSA) is 96.7 Å². The van der Waals surface area contributed by atoms with Crippen LogP contribution in [0.4, 0.5) is 0 Å². The zero-order valence-corrected chi connectivity index (χ0v) is 14.9. The fourth-order valence-corrected chi connectivity index (χ4v) is 3.28. The van der Waals surface area contributed by atoms with Gasteiger partial charge >= 0.3 is 0 Å². The number of aromatic nitrogens is 4. The summed E-state index contributed by atoms with van der Waals surface area (Å²) in [5.74, 6) is 1.65. The van der Waals surface area contributed by atoms with E-state index in [9.17, 15) is 4.79 Å². The number of carbonyl (C=O) groups excluding carboxylic acids is 1. The summed E-state index contributed by atoms with van der Waals surface area (Å²) in [5, 5.41) is 10.8. The monoisotopic (exact) mass is 367 g/mol. The van der Waals surface area contributed by atoms with Crippen molar-refractivity contribution < 1.29 is 9.32 Å². The molecule has 1 amide bonds. The minimum absolute atomic E-state index is 0.0896. The molecule has 0 fully saturated rings. The van der Waals surface area contributed by atoms with Crippen molar-refractivity contribution in [2.75, 3.05) is 0 Å². The van der Waals surface area contributed by atoms with Gasteiger partial charge in [0.2, 0.25) is 17.6 Å². The van der Waals surface area contributed by atoms with Crippen molar-refractivity contribution in [3.8, 4) is 11.4 Å². The van der Waals surface area contributed by atoms with Crippen molar-refractivity contribution in [1.29, 1.82) is 0 Å². The minimum atomic E-state index is -0.209. The summed E-state index contributed by atoms with van der Waals surface area (Å²) in [6.45, 7) is 1.90. The van der Waals surface area contributed by atoms with Gasteiger partial charge in [-0.15, -0.1) is 0 Å². The number of hydrogen-bond donors (Lipinski definition) is 2. The van der Waals surface area contributed by atoms with Crippen molar-refractivity contribution in [3.63, 3.8) is 0 Å². The maximum atomic E-state index is 12.2. The number of fused-ring (bicyclic) bond motifs is 1. The molecule has 0 aliphatic carbocycles. The van der Waals surface area contributed by atoms with E-state index >= 15 is 0 Å². The fourth-order valence-electron chi connectivity index (χ4n) is 2.65. The van der Waals surface area contributed by atoms with E-state index in [2.05, 4.69) is 25.4 Å². The van der Waals surface area contributed by atoms with Gasteiger partial charge in [-0.05, 0) is 30.5 Å². The summed E-state index contributed by atoms with van der Waals surface area (Å²) in [5.41, 5.74) is 2.76. The quantitative estimate of drug-likeness (QED) is 0.544. The van der Waals surface area contributed by atoms with Crippen LogP contribution in [0.5, 0.6) is 0 Å². The summed E-state index contributed by atoms with van der Waals surface area (Å²) in [4.78, 5) is 24.3. The molecular weight excluding hydrogens is 350 g/mol. The number of H-pyrrole nitrogens is 1. The number of carbonyl (C=O) groups is 1. The number of nitrogens with zero attached hydrogens (tertiary/aromatic N) is 3. The van der Waals surface area contributed by atoms with Crippen molar-refractivity contribution in [1.82, 2.24) is 25.4 Å². The molecule has 2 N–H and O–H groups in total. The van der Waals surface area contributed by atoms with E-state index in [1.54, 1.807) is 11.3 Å². The van der Waals surface area contributed by atoms with Crippen LogP contribution < -0.4 is 5.32 Å². The standard InChI is InChI=1S/C18H17N5O2S/c1-11(17-20-13-4-2-3-5-14(13)21-17)19-15(24)6-7-16-22-18(23-25-16)12-8-9-26-10-12/h2-5,8-11H,6-7H2,1H3,(H,19,24)(H,20,21)/t11-/m0/s1. The maximum Gasteiger partial charge on any atom is 0.227 e. The summed E-state index contributed by atoms with van der Waals surface area (Å²) in [6.07, 6.45) is 0.672. The maximum absolute atomic E-state index is 12.2. The van der Waals surface area contributed by atoms with Gasteiger partial charge in [-0.25, -0.2) is 4.98 Å². The number of para-hydroxylation sites is 2. The predicted molar refractivity (Wildman–Crippen MR) is 98.6 cm³/mol. The second-order valence-electron chi connectivity index (χ2n) is 5.95. The molecule has 7 nitrogen and oxygen atoms in total. The molecule has 4 rings (SSSR count). The third kappa shape index (κ3) is 3.50. The molecule has 0 aliphatic heterocycles. The van der Waals surface area contributed by atoms with Crippen LogP contribution in [0.25, 0.3) is 22.4 Å². The number of nitrogens with one attached hydrogen (secondary N) is 2. The first kappa shape index (κ1) is 16.5. The van der Waals surface area contributed by atoms with Crippen molar-refractivity contribution in [3.05, 3.63) is 52.8 Å². The second-order valence-corrected chi connectivity index (χ2v) is 6.73. The average molecular weight is 367 g/mol. The van der Waals surface area contributed by atoms with Crippen molar-refractivity contribution in [2.24, 2.45) is 0 Å². The van der Waals surface area contributed by atoms with Crippen LogP contribution >= 0.6 is 11.3 Å². The number of amides is 1. The molecule has 0 unspecified atom stereocenters. The molecular formula is C18H17N5O2S. The Balaban J connectivity index is 1.33. The van der Waals surface area contributed by atoms with Gasteiger partial charge < -0.3 is 14.8 Å². The highest BCUT2D eigenvalue weighted by Gasteiger charge is 2.15. The number of hydrogen-bond acceptors (Lipinski definition) is 6. The lowest BCUT2D eigenvalue weighted by atomic mass is 10.2. The number of benzene rings is 1. The molecule has 1 atom stereocenters. The Bertz CT molecular complexity index is 988. The highest BCUT2D eigenvalue weighted by molar-refractivity contribution is 7.08. The van der Waals surface area contributed by atoms with E-state index in [4.69, 9.17) is 4.52 Å². The van der Waals surface area contributed by atoms with Crippen LogP contribution in [0.3, 0.4) is 0 Å². The van der Waals surface area contributed by atoms with E-state index in [1.807, 2.05) is 48.0 Å². The van der Waals surface area contributed by atoms with E-state index in [0.29, 0.717) is 18.1 Å². The zero-order valence-electron chi connectivity index (χ0n) is 14.1. The number of aromatic amines is 1. The van der Waals surface area contributed by atoms with Crippen LogP contribution in [0, 0.1) is 0 Å². The Kier molecular flexibility index (Phi) is 4.49. The lowest BCUT2D eigenvalue weighted by Gasteiger charge is -2.10. The summed E-state index contributed by atoms with van der Waals surface area (Å²) in [7, 11) is 0. The lowest BCUT2D eigenvalue weighted by Crippen LogP contribution is -2.27. The summed E-state index contributed by atoms with van der Waals surface area (Å²) in [6, 6.07) is 9.50. The van der Waals surface area contributed by atoms with Gasteiger partial charge in [0.05, 0.1) is 17.1 Å². The Hall–Kier alpha value is -3.00. The van der Waals surface area contributed by atoms with Crippen LogP contribution in [0.2, 0.25) is 0 Å². The summed E-state index contributed by atoms with van der Waals surface area (Å²) >= 11 is 1.57. The van der Waals surface area contributed by atoms with Gasteiger partial charge in [0.1, 0.15) is 5.82 Å². The highest BCUT2D eigenvalue weighted by atomic mass is 32.1. The third-order valence-electron chi connectivity index (χ3n) is 4.01. The first-order valence-electron chi connectivity index (χ1n) is 8.28. The minimum Gasteiger partial charge on any atom is -0.346 e. The molecule has 0 bridgehead atoms. The van der Waals surface area contributed by atoms with Crippen LogP contribution in [-0.2, 0) is 11.2 Å². The molecule has 26 heavy (non-hydrogen) atoms. The van der Waals surface area contributed by atoms with Gasteiger partial charge in [-0.2, -0.15) is 16.3 Å². The van der Waals surface area contributed by atoms with E-state index in [-0.39, 0.29) is 18.4 Å². The van der Waals surface area contributed by atoms with Crippen molar-refractivity contribution in [2.45, 2.75) is 25.8 Å². The van der Waals surface area contributed by atoms with Crippen LogP contribution in [0.1, 0.15) is 31.1 Å². The fraction of sp³-hybridized carbons (Fsp3) is 0.222. The summed E-state index contributed by atoms with van der Waals surface area (Å²) < 4.78 is 5.21. The van der Waals surface area contributed by atoms with Gasteiger partial charge in [-0.1, -0.05) is 17.3 Å². The van der Waals surface area contributed by atoms with Gasteiger partial charge in [0.15, 0.2) is 0 Å². The SMILES string of the molecule is C[C@H](NC(=O)CCc1nc(-c2ccsc2)no1)c1nc2ccccc2[nH]1. The molecule has 0 saturated heterocycles. The molecule has 132 valence electrons. The molecule has 0 spiro atoms. The van der Waals surface area contributed by atoms with Crippen LogP contribution in [-0.4, -0.2) is 26.0 Å². The number of thiophene rings is 1. The molecule has 0 saturated carbocycles. The Morgan fingerprint density at radius 3 is 3.00 bits per heavy atom. The Labute approximate surface area is 153 Å². The van der Waals surface area contributed by atoms with Gasteiger partial charge in [-0.3, -0.25) is 4.79 Å². The Morgan fingerprint density at radius 1 is 1.31 bits per heavy atom. The Morgan fingerprint density at radius 2 is 2.19 bits per heavy atom. The van der Waals surface area contributed by atoms with Crippen LogP contribution in [0.15, 0.2) is 45.6 Å². The van der Waals surface area contributed by atoms with E-state index < -0.39 is 0 Å². The largest absolute Gasteiger partial charge is 0.346 e. The molecule has 0 aliphatic rings. The first-order chi connectivity index (χ1) is 12.7. The highest BCUT2D eigenvalue weighted by Crippen LogP contribution is 2.19. The number of rotatable bonds is 6. The predicted octanol–water partition coefficient (Wildman–Crippen LogP) is 3.48. The van der Waals surface area contributed by atoms with Gasteiger partial charge in [0.25, 0.3) is 0 Å². The van der Waals surface area contributed by atoms with Crippen molar-refractivity contribution >= 4 is 28.3 Å². The number of imidazole rings is 1. The first-order valence-corrected chi connectivity index (χ1v) is 9.22. The molecule has 0 radical (unpaired) electrons. The lowest BCUT2D eigenvalue weighted by molar-refractivity contribution is -0.121. The van der Waals surface area contributed by atoms with E-state index in [1.165, 1.54) is 0 Å². The second kappa shape index (κ2) is 7.09. The molecule has 3 heterocycles. The normalized spacial score (nSPS) is 12.3. The average Bonchev–Trinajstić information content (AvgIpc) is 3.39. The molecule has 1 aromatic carbocycles. The molecule has 8 heteroatoms. The zero-order chi connectivity index (χ0) is 17.9.